The molecule has 0 radical (unpaired) electrons. The van der Waals surface area contributed by atoms with E-state index in [1.54, 1.807) is 0 Å². The number of benzene rings is 2. The van der Waals surface area contributed by atoms with Crippen LogP contribution in [0.15, 0.2) is 78.1 Å². The molecule has 0 saturated heterocycles. The maximum Gasteiger partial charge on any atom is 0.198 e. The van der Waals surface area contributed by atoms with Crippen LogP contribution in [0.2, 0.25) is 0 Å². The van der Waals surface area contributed by atoms with Crippen molar-refractivity contribution in [3.63, 3.8) is 0 Å². The second kappa shape index (κ2) is 5.89. The zero-order chi connectivity index (χ0) is 17.4. The number of hydrogen-bond donors (Lipinski definition) is 1. The van der Waals surface area contributed by atoms with Crippen LogP contribution in [0, 0.1) is 0 Å². The van der Waals surface area contributed by atoms with E-state index in [2.05, 4.69) is 98.6 Å². The SMILES string of the molecule is CC(C)(C)[NH+]=C1C=CC(=C2C=Cc3c(ccc4ccccc34)O2)C=C1. The molecular formula is C23H22NO+. The molecule has 0 saturated carbocycles. The van der Waals surface area contributed by atoms with Gasteiger partial charge in [0.1, 0.15) is 11.5 Å². The van der Waals surface area contributed by atoms with Crippen LogP contribution in [-0.2, 0) is 0 Å². The summed E-state index contributed by atoms with van der Waals surface area (Å²) in [4.78, 5) is 3.48. The number of ether oxygens (including phenoxy) is 1. The molecule has 0 unspecified atom stereocenters. The molecule has 0 atom stereocenters. The third-order valence-corrected chi connectivity index (χ3v) is 4.24. The van der Waals surface area contributed by atoms with Crippen LogP contribution in [0.5, 0.6) is 5.75 Å². The van der Waals surface area contributed by atoms with Crippen molar-refractivity contribution >= 4 is 22.6 Å². The smallest absolute Gasteiger partial charge is 0.198 e. The van der Waals surface area contributed by atoms with E-state index in [9.17, 15) is 0 Å². The zero-order valence-electron chi connectivity index (χ0n) is 14.8. The maximum absolute atomic E-state index is 6.18. The Morgan fingerprint density at radius 3 is 2.32 bits per heavy atom. The summed E-state index contributed by atoms with van der Waals surface area (Å²) in [6.45, 7) is 6.47. The summed E-state index contributed by atoms with van der Waals surface area (Å²) in [6.07, 6.45) is 12.6. The molecule has 25 heavy (non-hydrogen) atoms. The highest BCUT2D eigenvalue weighted by atomic mass is 16.5. The van der Waals surface area contributed by atoms with Gasteiger partial charge in [-0.1, -0.05) is 30.3 Å². The van der Waals surface area contributed by atoms with Crippen LogP contribution in [0.1, 0.15) is 26.3 Å². The van der Waals surface area contributed by atoms with Crippen LogP contribution in [0.4, 0.5) is 0 Å². The number of fused-ring (bicyclic) bond motifs is 3. The summed E-state index contributed by atoms with van der Waals surface area (Å²) in [5.74, 6) is 1.79. The molecule has 2 aromatic carbocycles. The molecule has 2 heteroatoms. The largest absolute Gasteiger partial charge is 0.456 e. The summed E-state index contributed by atoms with van der Waals surface area (Å²) in [5, 5.41) is 2.45. The number of allylic oxidation sites excluding steroid dienone is 6. The highest BCUT2D eigenvalue weighted by molar-refractivity contribution is 6.02. The van der Waals surface area contributed by atoms with E-state index in [1.165, 1.54) is 10.8 Å². The Balaban J connectivity index is 1.68. The topological polar surface area (TPSA) is 23.2 Å². The first-order valence-electron chi connectivity index (χ1n) is 8.63. The Morgan fingerprint density at radius 2 is 1.56 bits per heavy atom. The molecule has 0 bridgehead atoms. The van der Waals surface area contributed by atoms with Gasteiger partial charge in [-0.3, -0.25) is 0 Å². The molecule has 0 aromatic heterocycles. The summed E-state index contributed by atoms with van der Waals surface area (Å²) in [5.41, 5.74) is 3.39. The zero-order valence-corrected chi connectivity index (χ0v) is 14.8. The van der Waals surface area contributed by atoms with E-state index < -0.39 is 0 Å². The fraction of sp³-hybridized carbons (Fsp3) is 0.174. The lowest BCUT2D eigenvalue weighted by Crippen LogP contribution is -2.84. The Bertz CT molecular complexity index is 976. The fourth-order valence-corrected chi connectivity index (χ4v) is 3.15. The van der Waals surface area contributed by atoms with Gasteiger partial charge in [-0.25, -0.2) is 4.99 Å². The predicted molar refractivity (Wildman–Crippen MR) is 105 cm³/mol. The van der Waals surface area contributed by atoms with Crippen LogP contribution >= 0.6 is 0 Å². The first-order chi connectivity index (χ1) is 12.0. The van der Waals surface area contributed by atoms with E-state index >= 15 is 0 Å². The van der Waals surface area contributed by atoms with E-state index in [-0.39, 0.29) is 5.54 Å². The van der Waals surface area contributed by atoms with Gasteiger partial charge in [-0.15, -0.1) is 0 Å². The van der Waals surface area contributed by atoms with Crippen molar-refractivity contribution in [3.05, 3.63) is 83.7 Å². The second-order valence-electron chi connectivity index (χ2n) is 7.45. The van der Waals surface area contributed by atoms with Crippen molar-refractivity contribution in [2.75, 3.05) is 0 Å². The molecule has 4 rings (SSSR count). The van der Waals surface area contributed by atoms with Crippen LogP contribution in [0.3, 0.4) is 0 Å². The molecule has 1 aliphatic heterocycles. The molecule has 2 nitrogen and oxygen atoms in total. The van der Waals surface area contributed by atoms with Crippen LogP contribution < -0.4 is 9.73 Å². The van der Waals surface area contributed by atoms with Gasteiger partial charge < -0.3 is 4.74 Å². The molecule has 1 heterocycles. The minimum atomic E-state index is 0.0515. The van der Waals surface area contributed by atoms with Gasteiger partial charge in [-0.2, -0.15) is 0 Å². The lowest BCUT2D eigenvalue weighted by atomic mass is 10.00. The molecule has 0 fully saturated rings. The average Bonchev–Trinajstić information content (AvgIpc) is 2.60. The summed E-state index contributed by atoms with van der Waals surface area (Å²) >= 11 is 0. The van der Waals surface area contributed by atoms with Crippen LogP contribution in [0.25, 0.3) is 16.8 Å². The molecule has 1 N–H and O–H groups in total. The molecule has 2 aromatic rings. The molecular weight excluding hydrogens is 306 g/mol. The monoisotopic (exact) mass is 328 g/mol. The van der Waals surface area contributed by atoms with Gasteiger partial charge in [0.2, 0.25) is 0 Å². The molecule has 1 aliphatic carbocycles. The number of nitrogens with one attached hydrogen (secondary N) is 1. The summed E-state index contributed by atoms with van der Waals surface area (Å²) < 4.78 is 6.18. The first-order valence-corrected chi connectivity index (χ1v) is 8.63. The third kappa shape index (κ3) is 3.20. The molecule has 0 spiro atoms. The average molecular weight is 328 g/mol. The van der Waals surface area contributed by atoms with Crippen LogP contribution in [-0.4, -0.2) is 11.3 Å². The van der Waals surface area contributed by atoms with Gasteiger partial charge in [0.15, 0.2) is 11.3 Å². The maximum atomic E-state index is 6.18. The van der Waals surface area contributed by atoms with E-state index in [0.717, 1.165) is 28.4 Å². The molecule has 124 valence electrons. The van der Waals surface area contributed by atoms with E-state index in [1.807, 2.05) is 0 Å². The third-order valence-electron chi connectivity index (χ3n) is 4.24. The van der Waals surface area contributed by atoms with Crippen molar-refractivity contribution in [2.45, 2.75) is 26.3 Å². The van der Waals surface area contributed by atoms with Crippen molar-refractivity contribution in [3.8, 4) is 5.75 Å². The predicted octanol–water partition coefficient (Wildman–Crippen LogP) is 3.95. The normalized spacial score (nSPS) is 16.2. The van der Waals surface area contributed by atoms with Gasteiger partial charge >= 0.3 is 0 Å². The van der Waals surface area contributed by atoms with Gasteiger partial charge in [0.05, 0.1) is 0 Å². The molecule has 0 amide bonds. The van der Waals surface area contributed by atoms with Crippen molar-refractivity contribution < 1.29 is 9.73 Å². The summed E-state index contributed by atoms with van der Waals surface area (Å²) in [6, 6.07) is 12.6. The van der Waals surface area contributed by atoms with Gasteiger partial charge in [-0.05, 0) is 61.9 Å². The van der Waals surface area contributed by atoms with Gasteiger partial charge in [0, 0.05) is 23.3 Å². The van der Waals surface area contributed by atoms with Crippen molar-refractivity contribution in [2.24, 2.45) is 0 Å². The molecule has 2 aliphatic rings. The van der Waals surface area contributed by atoms with Gasteiger partial charge in [0.25, 0.3) is 0 Å². The lowest BCUT2D eigenvalue weighted by molar-refractivity contribution is -0.537. The minimum absolute atomic E-state index is 0.0515. The standard InChI is InChI=1S/C23H21NO/c1-23(2,3)24-18-11-8-17(9-12-18)21-15-13-20-19-7-5-4-6-16(19)10-14-22(20)25-21/h4-15H,1-3H3/p+1. The van der Waals surface area contributed by atoms with Crippen molar-refractivity contribution in [1.29, 1.82) is 0 Å². The van der Waals surface area contributed by atoms with E-state index in [0.29, 0.717) is 0 Å². The minimum Gasteiger partial charge on any atom is -0.456 e. The number of hydrogen-bond acceptors (Lipinski definition) is 1. The fourth-order valence-electron chi connectivity index (χ4n) is 3.15. The Kier molecular flexibility index (Phi) is 3.69. The first kappa shape index (κ1) is 15.6. The Labute approximate surface area is 148 Å². The summed E-state index contributed by atoms with van der Waals surface area (Å²) in [7, 11) is 0. The Hall–Kier alpha value is -2.87. The number of rotatable bonds is 0. The lowest BCUT2D eigenvalue weighted by Gasteiger charge is -2.18. The van der Waals surface area contributed by atoms with Crippen molar-refractivity contribution in [1.82, 2.24) is 0 Å². The van der Waals surface area contributed by atoms with E-state index in [4.69, 9.17) is 4.74 Å². The highest BCUT2D eigenvalue weighted by Crippen LogP contribution is 2.35. The highest BCUT2D eigenvalue weighted by Gasteiger charge is 2.18. The Morgan fingerprint density at radius 1 is 0.800 bits per heavy atom. The second-order valence-corrected chi connectivity index (χ2v) is 7.45. The quantitative estimate of drug-likeness (QED) is 0.778.